The average Bonchev–Trinajstić information content (AvgIpc) is 2.24. The quantitative estimate of drug-likeness (QED) is 0.781. The highest BCUT2D eigenvalue weighted by Crippen LogP contribution is 2.21. The standard InChI is InChI=1S/C10H14ClFN4/c11-10-14-5-8(12)9(16-10)15-7-3-1-2-6(13)4-7/h5-7H,1-4,13H2,(H,14,15,16). The van der Waals surface area contributed by atoms with E-state index in [1.807, 2.05) is 0 Å². The van der Waals surface area contributed by atoms with E-state index in [0.717, 1.165) is 31.9 Å². The van der Waals surface area contributed by atoms with Gasteiger partial charge in [-0.15, -0.1) is 0 Å². The minimum atomic E-state index is -0.483. The van der Waals surface area contributed by atoms with Gasteiger partial charge in [0.1, 0.15) is 0 Å². The summed E-state index contributed by atoms with van der Waals surface area (Å²) in [4.78, 5) is 7.38. The molecule has 0 bridgehead atoms. The third kappa shape index (κ3) is 2.80. The molecule has 0 saturated heterocycles. The molecule has 0 aliphatic heterocycles. The molecule has 2 rings (SSSR count). The van der Waals surface area contributed by atoms with E-state index >= 15 is 0 Å². The lowest BCUT2D eigenvalue weighted by Gasteiger charge is -2.27. The van der Waals surface area contributed by atoms with Crippen molar-refractivity contribution in [2.75, 3.05) is 5.32 Å². The van der Waals surface area contributed by atoms with Gasteiger partial charge < -0.3 is 11.1 Å². The minimum Gasteiger partial charge on any atom is -0.365 e. The van der Waals surface area contributed by atoms with E-state index in [9.17, 15) is 4.39 Å². The highest BCUT2D eigenvalue weighted by molar-refractivity contribution is 6.28. The second kappa shape index (κ2) is 4.93. The first-order valence-electron chi connectivity index (χ1n) is 5.35. The molecule has 1 aromatic heterocycles. The predicted molar refractivity (Wildman–Crippen MR) is 60.9 cm³/mol. The Morgan fingerprint density at radius 2 is 2.31 bits per heavy atom. The van der Waals surface area contributed by atoms with Crippen molar-refractivity contribution < 1.29 is 4.39 Å². The normalized spacial score (nSPS) is 25.4. The van der Waals surface area contributed by atoms with Gasteiger partial charge in [0.2, 0.25) is 5.28 Å². The Hall–Kier alpha value is -0.940. The van der Waals surface area contributed by atoms with Crippen molar-refractivity contribution >= 4 is 17.4 Å². The molecule has 16 heavy (non-hydrogen) atoms. The summed E-state index contributed by atoms with van der Waals surface area (Å²) in [6.45, 7) is 0. The van der Waals surface area contributed by atoms with Crippen molar-refractivity contribution in [1.82, 2.24) is 9.97 Å². The molecule has 1 heterocycles. The summed E-state index contributed by atoms with van der Waals surface area (Å²) in [6, 6.07) is 0.357. The molecule has 0 radical (unpaired) electrons. The number of hydrogen-bond donors (Lipinski definition) is 2. The van der Waals surface area contributed by atoms with Crippen LogP contribution in [0.4, 0.5) is 10.2 Å². The van der Waals surface area contributed by atoms with E-state index < -0.39 is 5.82 Å². The maximum atomic E-state index is 13.3. The van der Waals surface area contributed by atoms with E-state index in [2.05, 4.69) is 15.3 Å². The Balaban J connectivity index is 2.05. The monoisotopic (exact) mass is 244 g/mol. The molecular formula is C10H14ClFN4. The zero-order chi connectivity index (χ0) is 11.5. The number of halogens is 2. The van der Waals surface area contributed by atoms with Crippen LogP contribution in [0.15, 0.2) is 6.20 Å². The van der Waals surface area contributed by atoms with E-state index in [1.54, 1.807) is 0 Å². The first-order chi connectivity index (χ1) is 7.65. The summed E-state index contributed by atoms with van der Waals surface area (Å²) < 4.78 is 13.3. The molecule has 1 aromatic rings. The predicted octanol–water partition coefficient (Wildman–Crippen LogP) is 1.95. The maximum absolute atomic E-state index is 13.3. The SMILES string of the molecule is NC1CCCC(Nc2nc(Cl)ncc2F)C1. The lowest BCUT2D eigenvalue weighted by Crippen LogP contribution is -2.35. The summed E-state index contributed by atoms with van der Waals surface area (Å²) in [5, 5.41) is 3.08. The topological polar surface area (TPSA) is 63.8 Å². The Morgan fingerprint density at radius 1 is 1.50 bits per heavy atom. The van der Waals surface area contributed by atoms with E-state index in [0.29, 0.717) is 0 Å². The smallest absolute Gasteiger partial charge is 0.224 e. The number of anilines is 1. The van der Waals surface area contributed by atoms with Gasteiger partial charge in [-0.2, -0.15) is 4.98 Å². The molecule has 1 aliphatic rings. The Bertz CT molecular complexity index is 374. The van der Waals surface area contributed by atoms with Gasteiger partial charge in [0, 0.05) is 12.1 Å². The van der Waals surface area contributed by atoms with Crippen LogP contribution in [-0.2, 0) is 0 Å². The van der Waals surface area contributed by atoms with Crippen LogP contribution in [-0.4, -0.2) is 22.1 Å². The van der Waals surface area contributed by atoms with Crippen molar-refractivity contribution in [3.8, 4) is 0 Å². The molecule has 88 valence electrons. The van der Waals surface area contributed by atoms with Crippen molar-refractivity contribution in [1.29, 1.82) is 0 Å². The number of aromatic nitrogens is 2. The molecule has 3 N–H and O–H groups in total. The second-order valence-electron chi connectivity index (χ2n) is 4.10. The van der Waals surface area contributed by atoms with Gasteiger partial charge in [0.05, 0.1) is 6.20 Å². The molecule has 2 unspecified atom stereocenters. The molecule has 1 saturated carbocycles. The highest BCUT2D eigenvalue weighted by atomic mass is 35.5. The lowest BCUT2D eigenvalue weighted by atomic mass is 9.92. The molecule has 2 atom stereocenters. The Labute approximate surface area is 98.4 Å². The highest BCUT2D eigenvalue weighted by Gasteiger charge is 2.20. The maximum Gasteiger partial charge on any atom is 0.224 e. The summed E-state index contributed by atoms with van der Waals surface area (Å²) in [5.74, 6) is -0.317. The molecule has 1 aliphatic carbocycles. The molecule has 0 amide bonds. The molecule has 6 heteroatoms. The fourth-order valence-electron chi connectivity index (χ4n) is 2.00. The number of nitrogens with zero attached hydrogens (tertiary/aromatic N) is 2. The van der Waals surface area contributed by atoms with E-state index in [-0.39, 0.29) is 23.2 Å². The molecule has 1 fully saturated rings. The third-order valence-corrected chi connectivity index (χ3v) is 2.95. The molecule has 0 spiro atoms. The lowest BCUT2D eigenvalue weighted by molar-refractivity contribution is 0.407. The van der Waals surface area contributed by atoms with Crippen LogP contribution >= 0.6 is 11.6 Å². The van der Waals surface area contributed by atoms with E-state index in [4.69, 9.17) is 17.3 Å². The van der Waals surface area contributed by atoms with Gasteiger partial charge >= 0.3 is 0 Å². The number of nitrogens with one attached hydrogen (secondary N) is 1. The summed E-state index contributed by atoms with van der Waals surface area (Å²) in [6.07, 6.45) is 4.97. The van der Waals surface area contributed by atoms with Crippen LogP contribution in [0.5, 0.6) is 0 Å². The Kier molecular flexibility index (Phi) is 3.56. The summed E-state index contributed by atoms with van der Waals surface area (Å²) in [7, 11) is 0. The van der Waals surface area contributed by atoms with E-state index in [1.165, 1.54) is 0 Å². The number of rotatable bonds is 2. The number of nitrogens with two attached hydrogens (primary N) is 1. The van der Waals surface area contributed by atoms with Gasteiger partial charge in [0.25, 0.3) is 0 Å². The van der Waals surface area contributed by atoms with Crippen molar-refractivity contribution in [3.63, 3.8) is 0 Å². The van der Waals surface area contributed by atoms with Gasteiger partial charge in [-0.1, -0.05) is 0 Å². The number of hydrogen-bond acceptors (Lipinski definition) is 4. The van der Waals surface area contributed by atoms with Gasteiger partial charge in [-0.25, -0.2) is 9.37 Å². The summed E-state index contributed by atoms with van der Waals surface area (Å²) in [5.41, 5.74) is 5.85. The molecule has 4 nitrogen and oxygen atoms in total. The third-order valence-electron chi connectivity index (χ3n) is 2.77. The minimum absolute atomic E-state index is 0.0454. The van der Waals surface area contributed by atoms with Crippen LogP contribution < -0.4 is 11.1 Å². The van der Waals surface area contributed by atoms with Gasteiger partial charge in [0.15, 0.2) is 11.6 Å². The Morgan fingerprint density at radius 3 is 3.06 bits per heavy atom. The fourth-order valence-corrected chi connectivity index (χ4v) is 2.13. The van der Waals surface area contributed by atoms with Crippen molar-refractivity contribution in [2.24, 2.45) is 5.73 Å². The van der Waals surface area contributed by atoms with Crippen LogP contribution in [0.3, 0.4) is 0 Å². The zero-order valence-electron chi connectivity index (χ0n) is 8.79. The average molecular weight is 245 g/mol. The summed E-state index contributed by atoms with van der Waals surface area (Å²) >= 11 is 5.61. The van der Waals surface area contributed by atoms with Gasteiger partial charge in [-0.3, -0.25) is 0 Å². The van der Waals surface area contributed by atoms with Crippen LogP contribution in [0, 0.1) is 5.82 Å². The van der Waals surface area contributed by atoms with Crippen molar-refractivity contribution in [3.05, 3.63) is 17.3 Å². The van der Waals surface area contributed by atoms with Crippen LogP contribution in [0.1, 0.15) is 25.7 Å². The van der Waals surface area contributed by atoms with Crippen LogP contribution in [0.2, 0.25) is 5.28 Å². The van der Waals surface area contributed by atoms with Crippen LogP contribution in [0.25, 0.3) is 0 Å². The first kappa shape index (κ1) is 11.5. The van der Waals surface area contributed by atoms with Crippen molar-refractivity contribution in [2.45, 2.75) is 37.8 Å². The molecular weight excluding hydrogens is 231 g/mol. The molecule has 0 aromatic carbocycles. The fraction of sp³-hybridized carbons (Fsp3) is 0.600. The largest absolute Gasteiger partial charge is 0.365 e. The second-order valence-corrected chi connectivity index (χ2v) is 4.44. The zero-order valence-corrected chi connectivity index (χ0v) is 9.54. The van der Waals surface area contributed by atoms with Gasteiger partial charge in [-0.05, 0) is 37.3 Å². The first-order valence-corrected chi connectivity index (χ1v) is 5.73.